The minimum atomic E-state index is -1.14. The van der Waals surface area contributed by atoms with Crippen LogP contribution >= 0.6 is 0 Å². The van der Waals surface area contributed by atoms with Crippen LogP contribution in [0.25, 0.3) is 11.1 Å². The quantitative estimate of drug-likeness (QED) is 0.802. The van der Waals surface area contributed by atoms with Crippen LogP contribution in [0.3, 0.4) is 0 Å². The zero-order valence-corrected chi connectivity index (χ0v) is 14.0. The van der Waals surface area contributed by atoms with Crippen molar-refractivity contribution < 1.29 is 27.4 Å². The van der Waals surface area contributed by atoms with Crippen LogP contribution in [0.1, 0.15) is 24.5 Å². The van der Waals surface area contributed by atoms with Crippen molar-refractivity contribution in [2.24, 2.45) is 0 Å². The Bertz CT molecular complexity index is 756. The van der Waals surface area contributed by atoms with Gasteiger partial charge in [0.25, 0.3) is 0 Å². The van der Waals surface area contributed by atoms with Crippen LogP contribution in [0.5, 0.6) is 5.75 Å². The summed E-state index contributed by atoms with van der Waals surface area (Å²) in [6.45, 7) is 0.447. The van der Waals surface area contributed by atoms with Crippen molar-refractivity contribution in [3.05, 3.63) is 53.3 Å². The van der Waals surface area contributed by atoms with Crippen molar-refractivity contribution in [2.75, 3.05) is 20.8 Å². The van der Waals surface area contributed by atoms with Gasteiger partial charge >= 0.3 is 0 Å². The summed E-state index contributed by atoms with van der Waals surface area (Å²) in [6.07, 6.45) is 1.36. The third-order valence-electron chi connectivity index (χ3n) is 4.49. The van der Waals surface area contributed by atoms with Gasteiger partial charge in [-0.3, -0.25) is 0 Å². The molecule has 0 radical (unpaired) electrons. The predicted molar refractivity (Wildman–Crippen MR) is 87.0 cm³/mol. The second-order valence-corrected chi connectivity index (χ2v) is 5.94. The summed E-state index contributed by atoms with van der Waals surface area (Å²) >= 11 is 0. The molecule has 0 spiro atoms. The molecule has 3 rings (SSSR count). The van der Waals surface area contributed by atoms with E-state index in [1.807, 2.05) is 0 Å². The topological polar surface area (TPSA) is 27.7 Å². The smallest absolute Gasteiger partial charge is 0.201 e. The number of halogens is 3. The summed E-state index contributed by atoms with van der Waals surface area (Å²) in [6, 6.07) is 7.01. The Morgan fingerprint density at radius 2 is 1.72 bits per heavy atom. The summed E-state index contributed by atoms with van der Waals surface area (Å²) in [4.78, 5) is 0. The molecule has 0 saturated carbocycles. The molecule has 1 aliphatic heterocycles. The Morgan fingerprint density at radius 1 is 0.960 bits per heavy atom. The lowest BCUT2D eigenvalue weighted by Gasteiger charge is -2.28. The van der Waals surface area contributed by atoms with Gasteiger partial charge in [-0.15, -0.1) is 0 Å². The van der Waals surface area contributed by atoms with E-state index in [4.69, 9.17) is 14.2 Å². The molecule has 0 amide bonds. The van der Waals surface area contributed by atoms with E-state index in [-0.39, 0.29) is 29.1 Å². The Morgan fingerprint density at radius 3 is 2.32 bits per heavy atom. The van der Waals surface area contributed by atoms with Crippen molar-refractivity contribution in [1.29, 1.82) is 0 Å². The Balaban J connectivity index is 1.87. The molecule has 0 bridgehead atoms. The molecule has 2 unspecified atom stereocenters. The third-order valence-corrected chi connectivity index (χ3v) is 4.49. The van der Waals surface area contributed by atoms with Crippen molar-refractivity contribution >= 4 is 0 Å². The van der Waals surface area contributed by atoms with Gasteiger partial charge in [0.1, 0.15) is 5.82 Å². The predicted octanol–water partition coefficient (Wildman–Crippen LogP) is 4.65. The maximum Gasteiger partial charge on any atom is 0.201 e. The minimum absolute atomic E-state index is 0.00613. The van der Waals surface area contributed by atoms with Gasteiger partial charge in [0.05, 0.1) is 25.9 Å². The van der Waals surface area contributed by atoms with Gasteiger partial charge in [-0.2, -0.15) is 4.39 Å². The maximum absolute atomic E-state index is 14.5. The molecular weight excluding hydrogens is 333 g/mol. The fraction of sp³-hybridized carbons (Fsp3) is 0.368. The molecule has 1 saturated heterocycles. The first-order valence-electron chi connectivity index (χ1n) is 8.01. The summed E-state index contributed by atoms with van der Waals surface area (Å²) in [7, 11) is 2.87. The van der Waals surface area contributed by atoms with Gasteiger partial charge < -0.3 is 14.2 Å². The summed E-state index contributed by atoms with van der Waals surface area (Å²) in [5.74, 6) is -3.12. The van der Waals surface area contributed by atoms with Crippen LogP contribution in [0.4, 0.5) is 13.2 Å². The minimum Gasteiger partial charge on any atom is -0.494 e. The fourth-order valence-corrected chi connectivity index (χ4v) is 3.02. The maximum atomic E-state index is 14.5. The Labute approximate surface area is 144 Å². The van der Waals surface area contributed by atoms with Gasteiger partial charge in [0.15, 0.2) is 11.6 Å². The number of hydrogen-bond acceptors (Lipinski definition) is 3. The summed E-state index contributed by atoms with van der Waals surface area (Å²) in [5, 5.41) is 0. The lowest BCUT2D eigenvalue weighted by atomic mass is 9.96. The summed E-state index contributed by atoms with van der Waals surface area (Å²) in [5.41, 5.74) is 0.518. The van der Waals surface area contributed by atoms with Crippen molar-refractivity contribution in [1.82, 2.24) is 0 Å². The number of rotatable bonds is 4. The lowest BCUT2D eigenvalue weighted by Crippen LogP contribution is -2.26. The highest BCUT2D eigenvalue weighted by Crippen LogP contribution is 2.34. The first kappa shape index (κ1) is 17.8. The van der Waals surface area contributed by atoms with Crippen LogP contribution in [0.15, 0.2) is 30.3 Å². The zero-order valence-electron chi connectivity index (χ0n) is 14.0. The second-order valence-electron chi connectivity index (χ2n) is 5.94. The zero-order chi connectivity index (χ0) is 18.0. The molecule has 3 nitrogen and oxygen atoms in total. The van der Waals surface area contributed by atoms with Crippen LogP contribution in [-0.2, 0) is 9.47 Å². The van der Waals surface area contributed by atoms with E-state index in [9.17, 15) is 13.2 Å². The molecule has 2 aromatic rings. The largest absolute Gasteiger partial charge is 0.494 e. The molecular formula is C19H19F3O3. The van der Waals surface area contributed by atoms with Crippen molar-refractivity contribution in [3.63, 3.8) is 0 Å². The van der Waals surface area contributed by atoms with E-state index in [0.29, 0.717) is 18.6 Å². The normalized spacial score (nSPS) is 20.5. The second kappa shape index (κ2) is 7.45. The molecule has 2 aromatic carbocycles. The van der Waals surface area contributed by atoms with E-state index in [0.717, 1.165) is 6.42 Å². The van der Waals surface area contributed by atoms with E-state index in [2.05, 4.69) is 0 Å². The van der Waals surface area contributed by atoms with Crippen LogP contribution in [-0.4, -0.2) is 26.9 Å². The first-order valence-corrected chi connectivity index (χ1v) is 8.01. The van der Waals surface area contributed by atoms with Gasteiger partial charge in [-0.05, 0) is 36.6 Å². The molecule has 134 valence electrons. The highest BCUT2D eigenvalue weighted by atomic mass is 19.2. The number of benzene rings is 2. The third kappa shape index (κ3) is 3.50. The average Bonchev–Trinajstić information content (AvgIpc) is 2.64. The highest BCUT2D eigenvalue weighted by Gasteiger charge is 2.24. The van der Waals surface area contributed by atoms with Gasteiger partial charge in [-0.25, -0.2) is 8.78 Å². The molecule has 25 heavy (non-hydrogen) atoms. The molecule has 1 aliphatic rings. The Kier molecular flexibility index (Phi) is 5.30. The molecule has 6 heteroatoms. The van der Waals surface area contributed by atoms with Gasteiger partial charge in [0.2, 0.25) is 5.82 Å². The van der Waals surface area contributed by atoms with E-state index in [1.54, 1.807) is 13.2 Å². The molecule has 0 aliphatic carbocycles. The molecule has 0 aromatic heterocycles. The van der Waals surface area contributed by atoms with E-state index < -0.39 is 17.5 Å². The lowest BCUT2D eigenvalue weighted by molar-refractivity contribution is -0.0726. The van der Waals surface area contributed by atoms with Gasteiger partial charge in [0, 0.05) is 18.2 Å². The van der Waals surface area contributed by atoms with Crippen LogP contribution in [0, 0.1) is 17.5 Å². The number of hydrogen-bond donors (Lipinski definition) is 0. The number of methoxy groups -OCH3 is 2. The molecule has 1 fully saturated rings. The van der Waals surface area contributed by atoms with Crippen molar-refractivity contribution in [2.45, 2.75) is 25.0 Å². The molecule has 0 N–H and O–H groups in total. The van der Waals surface area contributed by atoms with Crippen LogP contribution in [0.2, 0.25) is 0 Å². The molecule has 1 heterocycles. The Hall–Kier alpha value is -2.05. The van der Waals surface area contributed by atoms with E-state index >= 15 is 0 Å². The molecule has 2 atom stereocenters. The van der Waals surface area contributed by atoms with E-state index in [1.165, 1.54) is 31.4 Å². The number of ether oxygens (including phenoxy) is 3. The fourth-order valence-electron chi connectivity index (χ4n) is 3.02. The SMILES string of the molecule is COc1ccc(-c2ccc(C3CCC(OC)CO3)cc2F)c(F)c1F. The monoisotopic (exact) mass is 352 g/mol. The van der Waals surface area contributed by atoms with Gasteiger partial charge in [-0.1, -0.05) is 12.1 Å². The highest BCUT2D eigenvalue weighted by molar-refractivity contribution is 5.66. The average molecular weight is 352 g/mol. The standard InChI is InChI=1S/C19H19F3O3/c1-23-12-4-7-16(25-10-12)11-3-5-13(15(20)9-11)14-6-8-17(24-2)19(22)18(14)21/h3,5-6,8-9,12,16H,4,7,10H2,1-2H3. The first-order chi connectivity index (χ1) is 12.0. The summed E-state index contributed by atoms with van der Waals surface area (Å²) < 4.78 is 58.2. The van der Waals surface area contributed by atoms with Crippen molar-refractivity contribution in [3.8, 4) is 16.9 Å². The van der Waals surface area contributed by atoms with Crippen LogP contribution < -0.4 is 4.74 Å².